The predicted molar refractivity (Wildman–Crippen MR) is 77.5 cm³/mol. The largest absolute Gasteiger partial charge is 0.348 e. The van der Waals surface area contributed by atoms with E-state index < -0.39 is 0 Å². The lowest BCUT2D eigenvalue weighted by atomic mass is 9.99. The Morgan fingerprint density at radius 2 is 2.22 bits per heavy atom. The van der Waals surface area contributed by atoms with E-state index in [1.807, 2.05) is 11.4 Å². The summed E-state index contributed by atoms with van der Waals surface area (Å²) in [4.78, 5) is 13.4. The van der Waals surface area contributed by atoms with Crippen molar-refractivity contribution in [3.05, 3.63) is 22.4 Å². The maximum atomic E-state index is 12.2. The molecular formula is C14H24N2OS. The summed E-state index contributed by atoms with van der Waals surface area (Å²) in [6, 6.07) is 4.20. The predicted octanol–water partition coefficient (Wildman–Crippen LogP) is 2.94. The second-order valence-electron chi connectivity index (χ2n) is 4.97. The van der Waals surface area contributed by atoms with Crippen LogP contribution in [0.1, 0.15) is 44.5 Å². The molecule has 1 rings (SSSR count). The molecule has 3 N–H and O–H groups in total. The zero-order valence-electron chi connectivity index (χ0n) is 11.5. The van der Waals surface area contributed by atoms with Gasteiger partial charge in [0, 0.05) is 11.4 Å². The van der Waals surface area contributed by atoms with Crippen LogP contribution in [-0.2, 0) is 4.79 Å². The Balaban J connectivity index is 2.69. The highest BCUT2D eigenvalue weighted by molar-refractivity contribution is 7.10. The van der Waals surface area contributed by atoms with Gasteiger partial charge in [-0.25, -0.2) is 0 Å². The SMILES string of the molecule is CCCC(CN)C(=O)NC(c1cccs1)C(C)C. The summed E-state index contributed by atoms with van der Waals surface area (Å²) in [5, 5.41) is 5.19. The van der Waals surface area contributed by atoms with Gasteiger partial charge in [-0.1, -0.05) is 33.3 Å². The first-order chi connectivity index (χ1) is 8.60. The molecule has 18 heavy (non-hydrogen) atoms. The van der Waals surface area contributed by atoms with Crippen LogP contribution in [0.3, 0.4) is 0 Å². The summed E-state index contributed by atoms with van der Waals surface area (Å²) in [6.07, 6.45) is 1.85. The Kier molecular flexibility index (Phi) is 6.36. The summed E-state index contributed by atoms with van der Waals surface area (Å²) in [6.45, 7) is 6.76. The van der Waals surface area contributed by atoms with Crippen LogP contribution in [0.15, 0.2) is 17.5 Å². The van der Waals surface area contributed by atoms with Crippen molar-refractivity contribution >= 4 is 17.2 Å². The molecule has 0 bridgehead atoms. The molecule has 2 unspecified atom stereocenters. The van der Waals surface area contributed by atoms with E-state index in [0.29, 0.717) is 12.5 Å². The van der Waals surface area contributed by atoms with Crippen molar-refractivity contribution in [3.63, 3.8) is 0 Å². The first-order valence-electron chi connectivity index (χ1n) is 6.64. The lowest BCUT2D eigenvalue weighted by molar-refractivity contribution is -0.126. The molecule has 0 aromatic carbocycles. The van der Waals surface area contributed by atoms with E-state index in [-0.39, 0.29) is 17.9 Å². The van der Waals surface area contributed by atoms with E-state index >= 15 is 0 Å². The van der Waals surface area contributed by atoms with Gasteiger partial charge in [0.2, 0.25) is 5.91 Å². The number of carbonyl (C=O) groups is 1. The van der Waals surface area contributed by atoms with Crippen LogP contribution in [0, 0.1) is 11.8 Å². The molecule has 0 aliphatic carbocycles. The monoisotopic (exact) mass is 268 g/mol. The van der Waals surface area contributed by atoms with Crippen molar-refractivity contribution in [3.8, 4) is 0 Å². The summed E-state index contributed by atoms with van der Waals surface area (Å²) in [5.41, 5.74) is 5.67. The molecule has 1 amide bonds. The lowest BCUT2D eigenvalue weighted by Gasteiger charge is -2.24. The first-order valence-corrected chi connectivity index (χ1v) is 7.51. The van der Waals surface area contributed by atoms with Gasteiger partial charge in [-0.2, -0.15) is 0 Å². The highest BCUT2D eigenvalue weighted by Crippen LogP contribution is 2.26. The van der Waals surface area contributed by atoms with E-state index in [4.69, 9.17) is 5.73 Å². The fourth-order valence-electron chi connectivity index (χ4n) is 2.01. The Morgan fingerprint density at radius 3 is 2.67 bits per heavy atom. The van der Waals surface area contributed by atoms with Gasteiger partial charge in [0.05, 0.1) is 12.0 Å². The van der Waals surface area contributed by atoms with Gasteiger partial charge < -0.3 is 11.1 Å². The van der Waals surface area contributed by atoms with Crippen molar-refractivity contribution in [2.45, 2.75) is 39.7 Å². The van der Waals surface area contributed by atoms with E-state index in [2.05, 4.69) is 32.2 Å². The lowest BCUT2D eigenvalue weighted by Crippen LogP contribution is -2.38. The summed E-state index contributed by atoms with van der Waals surface area (Å²) in [5.74, 6) is 0.412. The number of amides is 1. The third-order valence-electron chi connectivity index (χ3n) is 3.11. The number of hydrogen-bond acceptors (Lipinski definition) is 3. The minimum atomic E-state index is -0.0591. The van der Waals surface area contributed by atoms with Crippen LogP contribution in [0.25, 0.3) is 0 Å². The number of hydrogen-bond donors (Lipinski definition) is 2. The minimum Gasteiger partial charge on any atom is -0.348 e. The van der Waals surface area contributed by atoms with E-state index in [1.165, 1.54) is 4.88 Å². The maximum absolute atomic E-state index is 12.2. The van der Waals surface area contributed by atoms with Gasteiger partial charge >= 0.3 is 0 Å². The van der Waals surface area contributed by atoms with Crippen LogP contribution >= 0.6 is 11.3 Å². The third-order valence-corrected chi connectivity index (χ3v) is 4.06. The van der Waals surface area contributed by atoms with Gasteiger partial charge in [-0.15, -0.1) is 11.3 Å². The normalized spacial score (nSPS) is 14.5. The molecule has 2 atom stereocenters. The number of carbonyl (C=O) groups excluding carboxylic acids is 1. The fourth-order valence-corrected chi connectivity index (χ4v) is 2.96. The molecule has 1 aromatic rings. The van der Waals surface area contributed by atoms with Crippen molar-refractivity contribution in [2.24, 2.45) is 17.6 Å². The summed E-state index contributed by atoms with van der Waals surface area (Å²) >= 11 is 1.69. The van der Waals surface area contributed by atoms with Crippen molar-refractivity contribution < 1.29 is 4.79 Å². The number of rotatable bonds is 7. The second-order valence-corrected chi connectivity index (χ2v) is 5.95. The van der Waals surface area contributed by atoms with Gasteiger partial charge in [-0.05, 0) is 23.8 Å². The van der Waals surface area contributed by atoms with E-state index in [0.717, 1.165) is 12.8 Å². The molecule has 1 heterocycles. The molecule has 1 aromatic heterocycles. The molecule has 0 fully saturated rings. The van der Waals surface area contributed by atoms with Crippen LogP contribution in [0.5, 0.6) is 0 Å². The average molecular weight is 268 g/mol. The average Bonchev–Trinajstić information content (AvgIpc) is 2.85. The highest BCUT2D eigenvalue weighted by atomic mass is 32.1. The highest BCUT2D eigenvalue weighted by Gasteiger charge is 2.23. The Labute approximate surface area is 114 Å². The number of nitrogens with one attached hydrogen (secondary N) is 1. The smallest absolute Gasteiger partial charge is 0.224 e. The second kappa shape index (κ2) is 7.54. The topological polar surface area (TPSA) is 55.1 Å². The van der Waals surface area contributed by atoms with Gasteiger partial charge in [-0.3, -0.25) is 4.79 Å². The van der Waals surface area contributed by atoms with Crippen LogP contribution in [0.4, 0.5) is 0 Å². The molecule has 0 spiro atoms. The van der Waals surface area contributed by atoms with Crippen LogP contribution in [0.2, 0.25) is 0 Å². The van der Waals surface area contributed by atoms with Crippen LogP contribution < -0.4 is 11.1 Å². The fraction of sp³-hybridized carbons (Fsp3) is 0.643. The number of nitrogens with two attached hydrogens (primary N) is 1. The van der Waals surface area contributed by atoms with Crippen molar-refractivity contribution in [2.75, 3.05) is 6.54 Å². The Bertz CT molecular complexity index is 349. The molecule has 0 aliphatic heterocycles. The molecule has 0 radical (unpaired) electrons. The summed E-state index contributed by atoms with van der Waals surface area (Å²) in [7, 11) is 0. The maximum Gasteiger partial charge on any atom is 0.224 e. The standard InChI is InChI=1S/C14H24N2OS/c1-4-6-11(9-15)14(17)16-13(10(2)3)12-7-5-8-18-12/h5,7-8,10-11,13H,4,6,9,15H2,1-3H3,(H,16,17). The molecule has 0 aliphatic rings. The molecule has 102 valence electrons. The Morgan fingerprint density at radius 1 is 1.50 bits per heavy atom. The zero-order chi connectivity index (χ0) is 13.5. The van der Waals surface area contributed by atoms with Crippen LogP contribution in [-0.4, -0.2) is 12.5 Å². The van der Waals surface area contributed by atoms with Gasteiger partial charge in [0.15, 0.2) is 0 Å². The Hall–Kier alpha value is -0.870. The van der Waals surface area contributed by atoms with Gasteiger partial charge in [0.25, 0.3) is 0 Å². The van der Waals surface area contributed by atoms with Crippen molar-refractivity contribution in [1.82, 2.24) is 5.32 Å². The molecular weight excluding hydrogens is 244 g/mol. The van der Waals surface area contributed by atoms with E-state index in [9.17, 15) is 4.79 Å². The quantitative estimate of drug-likeness (QED) is 0.799. The summed E-state index contributed by atoms with van der Waals surface area (Å²) < 4.78 is 0. The minimum absolute atomic E-state index is 0.0591. The molecule has 0 saturated carbocycles. The third kappa shape index (κ3) is 4.10. The van der Waals surface area contributed by atoms with Gasteiger partial charge in [0.1, 0.15) is 0 Å². The first kappa shape index (κ1) is 15.2. The zero-order valence-corrected chi connectivity index (χ0v) is 12.3. The van der Waals surface area contributed by atoms with E-state index in [1.54, 1.807) is 11.3 Å². The number of thiophene rings is 1. The molecule has 3 nitrogen and oxygen atoms in total. The molecule has 0 saturated heterocycles. The molecule has 4 heteroatoms. The van der Waals surface area contributed by atoms with Crippen molar-refractivity contribution in [1.29, 1.82) is 0 Å².